The van der Waals surface area contributed by atoms with Crippen molar-refractivity contribution in [3.63, 3.8) is 0 Å². The molecule has 0 aliphatic rings. The highest BCUT2D eigenvalue weighted by Gasteiger charge is 2.32. The van der Waals surface area contributed by atoms with E-state index >= 15 is 0 Å². The van der Waals surface area contributed by atoms with E-state index in [1.807, 2.05) is 13.8 Å². The van der Waals surface area contributed by atoms with Gasteiger partial charge in [0.25, 0.3) is 0 Å². The van der Waals surface area contributed by atoms with Crippen LogP contribution in [-0.2, 0) is 19.1 Å². The molecule has 0 saturated heterocycles. The van der Waals surface area contributed by atoms with Crippen LogP contribution in [0.3, 0.4) is 0 Å². The molecule has 3 atom stereocenters. The second-order valence-corrected chi connectivity index (χ2v) is 6.54. The van der Waals surface area contributed by atoms with E-state index in [0.717, 1.165) is 6.42 Å². The van der Waals surface area contributed by atoms with Crippen LogP contribution in [0.25, 0.3) is 0 Å². The number of nitrogens with one attached hydrogen (secondary N) is 1. The molecule has 0 rings (SSSR count). The average molecular weight is 331 g/mol. The van der Waals surface area contributed by atoms with Crippen molar-refractivity contribution >= 4 is 18.0 Å². The molecule has 0 aromatic carbocycles. The molecule has 0 fully saturated rings. The van der Waals surface area contributed by atoms with Crippen LogP contribution >= 0.6 is 0 Å². The fourth-order valence-corrected chi connectivity index (χ4v) is 2.16. The van der Waals surface area contributed by atoms with Crippen molar-refractivity contribution in [1.82, 2.24) is 5.32 Å². The number of rotatable bonds is 9. The van der Waals surface area contributed by atoms with Gasteiger partial charge in [0, 0.05) is 6.92 Å². The first-order chi connectivity index (χ1) is 10.5. The van der Waals surface area contributed by atoms with Crippen LogP contribution in [0, 0.1) is 11.8 Å². The van der Waals surface area contributed by atoms with E-state index in [1.165, 1.54) is 6.92 Å². The highest BCUT2D eigenvalue weighted by Crippen LogP contribution is 2.23. The molecule has 0 spiro atoms. The third kappa shape index (κ3) is 9.05. The number of ether oxygens (including phenoxy) is 2. The minimum absolute atomic E-state index is 0.216. The van der Waals surface area contributed by atoms with Crippen molar-refractivity contribution in [2.24, 2.45) is 11.8 Å². The number of carbonyl (C=O) groups excluding carboxylic acids is 2. The summed E-state index contributed by atoms with van der Waals surface area (Å²) in [5, 5.41) is 11.6. The fourth-order valence-electron chi connectivity index (χ4n) is 2.16. The Hall–Kier alpha value is -1.79. The third-order valence-electron chi connectivity index (χ3n) is 3.47. The van der Waals surface area contributed by atoms with E-state index in [9.17, 15) is 14.4 Å². The van der Waals surface area contributed by atoms with Gasteiger partial charge in [0.05, 0.1) is 17.9 Å². The minimum Gasteiger partial charge on any atom is -0.481 e. The van der Waals surface area contributed by atoms with E-state index in [-0.39, 0.29) is 18.3 Å². The second kappa shape index (κ2) is 9.37. The maximum atomic E-state index is 12.0. The molecule has 0 aromatic rings. The van der Waals surface area contributed by atoms with Gasteiger partial charge in [0.1, 0.15) is 0 Å². The third-order valence-corrected chi connectivity index (χ3v) is 3.47. The maximum Gasteiger partial charge on any atom is 0.410 e. The van der Waals surface area contributed by atoms with Gasteiger partial charge < -0.3 is 19.9 Å². The highest BCUT2D eigenvalue weighted by atomic mass is 16.7. The number of hydrogen-bond donors (Lipinski definition) is 2. The quantitative estimate of drug-likeness (QED) is 0.497. The summed E-state index contributed by atoms with van der Waals surface area (Å²) in [5.41, 5.74) is -0.930. The molecule has 7 heteroatoms. The lowest BCUT2D eigenvalue weighted by atomic mass is 9.86. The molecule has 0 radical (unpaired) electrons. The smallest absolute Gasteiger partial charge is 0.410 e. The molecule has 1 amide bonds. The molecule has 0 saturated carbocycles. The van der Waals surface area contributed by atoms with Gasteiger partial charge in [0.2, 0.25) is 6.29 Å². The second-order valence-electron chi connectivity index (χ2n) is 6.54. The lowest BCUT2D eigenvalue weighted by Gasteiger charge is -2.31. The first-order valence-corrected chi connectivity index (χ1v) is 7.90. The number of carbonyl (C=O) groups is 3. The monoisotopic (exact) mass is 331 g/mol. The van der Waals surface area contributed by atoms with Crippen LogP contribution in [0.2, 0.25) is 0 Å². The van der Waals surface area contributed by atoms with Gasteiger partial charge in [-0.05, 0) is 19.3 Å². The molecule has 0 aliphatic heterocycles. The van der Waals surface area contributed by atoms with Crippen LogP contribution in [-0.4, -0.2) is 35.0 Å². The van der Waals surface area contributed by atoms with Crippen LogP contribution in [0.15, 0.2) is 0 Å². The summed E-state index contributed by atoms with van der Waals surface area (Å²) < 4.78 is 9.92. The Morgan fingerprint density at radius 3 is 2.13 bits per heavy atom. The molecule has 23 heavy (non-hydrogen) atoms. The first-order valence-electron chi connectivity index (χ1n) is 7.90. The summed E-state index contributed by atoms with van der Waals surface area (Å²) in [6.45, 7) is 10.4. The fraction of sp³-hybridized carbons (Fsp3) is 0.812. The largest absolute Gasteiger partial charge is 0.481 e. The Balaban J connectivity index is 4.70. The maximum absolute atomic E-state index is 12.0. The zero-order valence-electron chi connectivity index (χ0n) is 14.8. The van der Waals surface area contributed by atoms with Gasteiger partial charge in [-0.3, -0.25) is 9.59 Å². The molecular weight excluding hydrogens is 302 g/mol. The Morgan fingerprint density at radius 2 is 1.70 bits per heavy atom. The lowest BCUT2D eigenvalue weighted by Crippen LogP contribution is -2.49. The van der Waals surface area contributed by atoms with Gasteiger partial charge in [-0.15, -0.1) is 0 Å². The number of carboxylic acids is 1. The minimum atomic E-state index is -1.04. The number of carboxylic acid groups (broad SMARTS) is 1. The van der Waals surface area contributed by atoms with E-state index < -0.39 is 29.9 Å². The molecule has 0 unspecified atom stereocenters. The zero-order valence-corrected chi connectivity index (χ0v) is 14.8. The summed E-state index contributed by atoms with van der Waals surface area (Å²) in [6.07, 6.45) is -0.685. The highest BCUT2D eigenvalue weighted by molar-refractivity contribution is 5.73. The average Bonchev–Trinajstić information content (AvgIpc) is 2.35. The number of aliphatic carboxylic acids is 1. The predicted octanol–water partition coefficient (Wildman–Crippen LogP) is 2.93. The summed E-state index contributed by atoms with van der Waals surface area (Å²) in [5.74, 6) is -1.56. The van der Waals surface area contributed by atoms with Crippen molar-refractivity contribution in [2.75, 3.05) is 0 Å². The Morgan fingerprint density at radius 1 is 1.13 bits per heavy atom. The summed E-state index contributed by atoms with van der Waals surface area (Å²) >= 11 is 0. The van der Waals surface area contributed by atoms with Crippen molar-refractivity contribution in [1.29, 1.82) is 0 Å². The lowest BCUT2D eigenvalue weighted by molar-refractivity contribution is -0.168. The van der Waals surface area contributed by atoms with E-state index in [1.54, 1.807) is 20.8 Å². The molecule has 0 bridgehead atoms. The molecular formula is C16H29NO6. The van der Waals surface area contributed by atoms with Gasteiger partial charge >= 0.3 is 18.0 Å². The van der Waals surface area contributed by atoms with Crippen LogP contribution in [0.5, 0.6) is 0 Å². The van der Waals surface area contributed by atoms with Crippen molar-refractivity contribution in [3.05, 3.63) is 0 Å². The van der Waals surface area contributed by atoms with Gasteiger partial charge in [-0.25, -0.2) is 4.79 Å². The van der Waals surface area contributed by atoms with Gasteiger partial charge in [-0.2, -0.15) is 0 Å². The van der Waals surface area contributed by atoms with Gasteiger partial charge in [-0.1, -0.05) is 34.1 Å². The van der Waals surface area contributed by atoms with E-state index in [4.69, 9.17) is 14.6 Å². The topological polar surface area (TPSA) is 102 Å². The van der Waals surface area contributed by atoms with E-state index in [2.05, 4.69) is 5.32 Å². The first kappa shape index (κ1) is 21.2. The Bertz CT molecular complexity index is 423. The van der Waals surface area contributed by atoms with Crippen LogP contribution in [0.1, 0.15) is 60.8 Å². The molecule has 0 aliphatic carbocycles. The molecule has 0 heterocycles. The molecule has 7 nitrogen and oxygen atoms in total. The molecule has 0 aromatic heterocycles. The van der Waals surface area contributed by atoms with Crippen molar-refractivity contribution in [3.8, 4) is 0 Å². The number of amides is 1. The van der Waals surface area contributed by atoms with Crippen molar-refractivity contribution in [2.45, 2.75) is 72.6 Å². The number of esters is 1. The van der Waals surface area contributed by atoms with E-state index in [0.29, 0.717) is 6.42 Å². The normalized spacial score (nSPS) is 16.1. The van der Waals surface area contributed by atoms with Crippen molar-refractivity contribution < 1.29 is 29.0 Å². The SMILES string of the molecule is CC[C@@H](C)C[C@@](C)(CC(=O)O)NC(=O)O[C@@H](C)OC(=O)C(C)C. The van der Waals surface area contributed by atoms with Crippen LogP contribution < -0.4 is 5.32 Å². The number of hydrogen-bond acceptors (Lipinski definition) is 5. The molecule has 134 valence electrons. The zero-order chi connectivity index (χ0) is 18.2. The molecule has 2 N–H and O–H groups in total. The Kier molecular flexibility index (Phi) is 8.64. The summed E-state index contributed by atoms with van der Waals surface area (Å²) in [4.78, 5) is 34.4. The predicted molar refractivity (Wildman–Crippen MR) is 84.7 cm³/mol. The van der Waals surface area contributed by atoms with Crippen LogP contribution in [0.4, 0.5) is 4.79 Å². The Labute approximate surface area is 137 Å². The summed E-state index contributed by atoms with van der Waals surface area (Å²) in [6, 6.07) is 0. The summed E-state index contributed by atoms with van der Waals surface area (Å²) in [7, 11) is 0. The standard InChI is InChI=1S/C16H29NO6/c1-7-11(4)8-16(6,9-13(18)19)17-15(21)23-12(5)22-14(20)10(2)3/h10-12H,7-9H2,1-6H3,(H,17,21)(H,18,19)/t11-,12+,16+/m1/s1. The van der Waals surface area contributed by atoms with Gasteiger partial charge in [0.15, 0.2) is 0 Å². The number of alkyl carbamates (subject to hydrolysis) is 1.